The zero-order valence-electron chi connectivity index (χ0n) is 21.5. The van der Waals surface area contributed by atoms with Crippen molar-refractivity contribution in [3.8, 4) is 23.0 Å². The Hall–Kier alpha value is -3.39. The Bertz CT molecular complexity index is 1190. The number of benzene rings is 2. The molecule has 0 saturated carbocycles. The van der Waals surface area contributed by atoms with Crippen molar-refractivity contribution in [2.24, 2.45) is 0 Å². The van der Waals surface area contributed by atoms with Gasteiger partial charge in [0.1, 0.15) is 17.4 Å². The molecule has 9 heteroatoms. The second kappa shape index (κ2) is 12.0. The number of fused-ring (bicyclic) bond motifs is 1. The monoisotopic (exact) mass is 517 g/mol. The predicted octanol–water partition coefficient (Wildman–Crippen LogP) is 5.65. The number of anilines is 1. The van der Waals surface area contributed by atoms with Crippen molar-refractivity contribution < 1.29 is 33.3 Å². The number of hydrogen-bond donors (Lipinski definition) is 1. The number of esters is 2. The Balaban J connectivity index is 1.74. The highest BCUT2D eigenvalue weighted by molar-refractivity contribution is 6.34. The zero-order chi connectivity index (χ0) is 26.4. The third-order valence-corrected chi connectivity index (χ3v) is 6.44. The first kappa shape index (κ1) is 27.2. The van der Waals surface area contributed by atoms with Gasteiger partial charge in [0, 0.05) is 24.1 Å². The van der Waals surface area contributed by atoms with Gasteiger partial charge in [-0.3, -0.25) is 4.79 Å². The lowest BCUT2D eigenvalue weighted by atomic mass is 9.93. The Morgan fingerprint density at radius 1 is 1.11 bits per heavy atom. The van der Waals surface area contributed by atoms with Crippen LogP contribution in [0, 0.1) is 6.92 Å². The second-order valence-corrected chi connectivity index (χ2v) is 8.69. The molecule has 1 aliphatic rings. The third kappa shape index (κ3) is 5.54. The summed E-state index contributed by atoms with van der Waals surface area (Å²) in [5.74, 6) is 0.947. The molecular formula is C27H32ClNO7. The third-order valence-electron chi connectivity index (χ3n) is 6.08. The standard InChI is InChI=1S/C27H32ClNO7/c1-7-29-24-17(25(33-5)16(3)18-14-35-27(31)22(18)24)10-8-15(2)9-13-21(30)36-19-11-12-20(32-4)26(34-6)23(19)28/h8,11-12,29H,7,9-10,13-14H2,1-6H3/b15-8+. The molecule has 0 unspecified atom stereocenters. The number of hydrogen-bond acceptors (Lipinski definition) is 8. The zero-order valence-corrected chi connectivity index (χ0v) is 22.3. The van der Waals surface area contributed by atoms with E-state index in [2.05, 4.69) is 5.32 Å². The van der Waals surface area contributed by atoms with Gasteiger partial charge in [0.25, 0.3) is 0 Å². The van der Waals surface area contributed by atoms with Gasteiger partial charge in [-0.1, -0.05) is 23.3 Å². The lowest BCUT2D eigenvalue weighted by molar-refractivity contribution is -0.134. The second-order valence-electron chi connectivity index (χ2n) is 8.31. The summed E-state index contributed by atoms with van der Waals surface area (Å²) in [7, 11) is 4.59. The fraction of sp³-hybridized carbons (Fsp3) is 0.407. The van der Waals surface area contributed by atoms with E-state index >= 15 is 0 Å². The summed E-state index contributed by atoms with van der Waals surface area (Å²) in [6, 6.07) is 3.20. The fourth-order valence-corrected chi connectivity index (χ4v) is 4.50. The van der Waals surface area contributed by atoms with Crippen molar-refractivity contribution in [1.82, 2.24) is 0 Å². The number of halogens is 1. The van der Waals surface area contributed by atoms with Crippen molar-refractivity contribution in [2.45, 2.75) is 46.6 Å². The SMILES string of the molecule is CCNc1c(C/C=C(\C)CCC(=O)Oc2ccc(OC)c(OC)c2Cl)c(OC)c(C)c2c1C(=O)OC2. The molecule has 1 heterocycles. The van der Waals surface area contributed by atoms with Gasteiger partial charge in [-0.15, -0.1) is 0 Å². The predicted molar refractivity (Wildman–Crippen MR) is 138 cm³/mol. The van der Waals surface area contributed by atoms with Gasteiger partial charge >= 0.3 is 11.9 Å². The van der Waals surface area contributed by atoms with E-state index in [4.69, 9.17) is 35.3 Å². The number of carbonyl (C=O) groups is 2. The molecule has 0 bridgehead atoms. The molecule has 2 aromatic carbocycles. The molecule has 1 N–H and O–H groups in total. The van der Waals surface area contributed by atoms with E-state index in [1.165, 1.54) is 14.2 Å². The molecule has 8 nitrogen and oxygen atoms in total. The van der Waals surface area contributed by atoms with Crippen LogP contribution in [0.3, 0.4) is 0 Å². The maximum Gasteiger partial charge on any atom is 0.341 e. The first-order chi connectivity index (χ1) is 17.3. The van der Waals surface area contributed by atoms with Crippen LogP contribution in [0.25, 0.3) is 0 Å². The summed E-state index contributed by atoms with van der Waals surface area (Å²) >= 11 is 6.31. The first-order valence-corrected chi connectivity index (χ1v) is 12.0. The molecule has 0 atom stereocenters. The van der Waals surface area contributed by atoms with E-state index in [0.717, 1.165) is 33.7 Å². The molecule has 1 aliphatic heterocycles. The van der Waals surface area contributed by atoms with Crippen molar-refractivity contribution in [1.29, 1.82) is 0 Å². The highest BCUT2D eigenvalue weighted by atomic mass is 35.5. The van der Waals surface area contributed by atoms with Crippen LogP contribution in [0.2, 0.25) is 5.02 Å². The number of rotatable bonds is 11. The highest BCUT2D eigenvalue weighted by Crippen LogP contribution is 2.42. The van der Waals surface area contributed by atoms with Gasteiger partial charge in [-0.25, -0.2) is 4.79 Å². The van der Waals surface area contributed by atoms with E-state index in [-0.39, 0.29) is 29.8 Å². The molecule has 36 heavy (non-hydrogen) atoms. The van der Waals surface area contributed by atoms with Crippen LogP contribution in [0.5, 0.6) is 23.0 Å². The van der Waals surface area contributed by atoms with E-state index in [1.807, 2.05) is 26.8 Å². The van der Waals surface area contributed by atoms with Crippen LogP contribution in [0.15, 0.2) is 23.8 Å². The number of cyclic esters (lactones) is 1. The summed E-state index contributed by atoms with van der Waals surface area (Å²) in [5.41, 5.74) is 4.95. The molecule has 2 aromatic rings. The van der Waals surface area contributed by atoms with Crippen LogP contribution in [-0.2, 0) is 22.6 Å². The summed E-state index contributed by atoms with van der Waals surface area (Å²) in [6.45, 7) is 6.75. The Labute approximate surface area is 216 Å². The maximum atomic E-state index is 12.5. The molecule has 0 saturated heterocycles. The van der Waals surface area contributed by atoms with E-state index < -0.39 is 5.97 Å². The van der Waals surface area contributed by atoms with Crippen LogP contribution in [0.4, 0.5) is 5.69 Å². The smallest absolute Gasteiger partial charge is 0.341 e. The maximum absolute atomic E-state index is 12.5. The van der Waals surface area contributed by atoms with Crippen molar-refractivity contribution in [3.05, 3.63) is 51.1 Å². The lowest BCUT2D eigenvalue weighted by Crippen LogP contribution is -2.11. The quantitative estimate of drug-likeness (QED) is 0.232. The average Bonchev–Trinajstić information content (AvgIpc) is 3.26. The molecule has 0 amide bonds. The van der Waals surface area contributed by atoms with Crippen molar-refractivity contribution in [2.75, 3.05) is 33.2 Å². The minimum absolute atomic E-state index is 0.166. The molecule has 0 aliphatic carbocycles. The van der Waals surface area contributed by atoms with Gasteiger partial charge in [-0.05, 0) is 51.3 Å². The molecule has 0 radical (unpaired) electrons. The average molecular weight is 518 g/mol. The molecule has 3 rings (SSSR count). The van der Waals surface area contributed by atoms with Gasteiger partial charge in [0.15, 0.2) is 17.2 Å². The number of carbonyl (C=O) groups excluding carboxylic acids is 2. The number of ether oxygens (including phenoxy) is 5. The molecule has 194 valence electrons. The largest absolute Gasteiger partial charge is 0.496 e. The summed E-state index contributed by atoms with van der Waals surface area (Å²) in [4.78, 5) is 24.9. The minimum Gasteiger partial charge on any atom is -0.496 e. The summed E-state index contributed by atoms with van der Waals surface area (Å²) < 4.78 is 26.9. The Morgan fingerprint density at radius 2 is 1.81 bits per heavy atom. The van der Waals surface area contributed by atoms with Crippen molar-refractivity contribution in [3.63, 3.8) is 0 Å². The molecule has 0 fully saturated rings. The number of nitrogens with one attached hydrogen (secondary N) is 1. The minimum atomic E-state index is -0.418. The van der Waals surface area contributed by atoms with Crippen LogP contribution in [0.1, 0.15) is 53.7 Å². The van der Waals surface area contributed by atoms with E-state index in [9.17, 15) is 9.59 Å². The normalized spacial score (nSPS) is 12.6. The lowest BCUT2D eigenvalue weighted by Gasteiger charge is -2.19. The molecular weight excluding hydrogens is 486 g/mol. The first-order valence-electron chi connectivity index (χ1n) is 11.7. The number of allylic oxidation sites excluding steroid dienone is 2. The molecule has 0 spiro atoms. The van der Waals surface area contributed by atoms with Crippen LogP contribution < -0.4 is 24.3 Å². The van der Waals surface area contributed by atoms with E-state index in [0.29, 0.717) is 36.4 Å². The van der Waals surface area contributed by atoms with Crippen molar-refractivity contribution >= 4 is 29.2 Å². The Kier molecular flexibility index (Phi) is 9.09. The van der Waals surface area contributed by atoms with Gasteiger partial charge in [0.2, 0.25) is 0 Å². The van der Waals surface area contributed by atoms with Gasteiger partial charge < -0.3 is 29.0 Å². The highest BCUT2D eigenvalue weighted by Gasteiger charge is 2.31. The van der Waals surface area contributed by atoms with Gasteiger partial charge in [-0.2, -0.15) is 0 Å². The summed E-state index contributed by atoms with van der Waals surface area (Å²) in [5, 5.41) is 3.49. The Morgan fingerprint density at radius 3 is 2.44 bits per heavy atom. The number of methoxy groups -OCH3 is 3. The van der Waals surface area contributed by atoms with Crippen LogP contribution >= 0.6 is 11.6 Å². The van der Waals surface area contributed by atoms with E-state index in [1.54, 1.807) is 19.2 Å². The van der Waals surface area contributed by atoms with Crippen LogP contribution in [-0.4, -0.2) is 39.8 Å². The fourth-order valence-electron chi connectivity index (χ4n) is 4.23. The van der Waals surface area contributed by atoms with Gasteiger partial charge in [0.05, 0.1) is 32.6 Å². The summed E-state index contributed by atoms with van der Waals surface area (Å²) in [6.07, 6.45) is 3.21. The topological polar surface area (TPSA) is 92.3 Å². The molecule has 0 aromatic heterocycles.